The second kappa shape index (κ2) is 5.00. The number of fused-ring (bicyclic) bond motifs is 1. The van der Waals surface area contributed by atoms with Gasteiger partial charge in [0.15, 0.2) is 0 Å². The molecule has 19 heavy (non-hydrogen) atoms. The van der Waals surface area contributed by atoms with E-state index in [2.05, 4.69) is 46.2 Å². The van der Waals surface area contributed by atoms with Crippen molar-refractivity contribution >= 4 is 5.82 Å². The molecule has 1 atom stereocenters. The van der Waals surface area contributed by atoms with Crippen LogP contribution in [0.3, 0.4) is 0 Å². The summed E-state index contributed by atoms with van der Waals surface area (Å²) in [6.45, 7) is 1.99. The quantitative estimate of drug-likeness (QED) is 0.824. The van der Waals surface area contributed by atoms with Crippen molar-refractivity contribution in [1.29, 1.82) is 0 Å². The largest absolute Gasteiger partial charge is 0.355 e. The molecule has 0 aliphatic heterocycles. The lowest BCUT2D eigenvalue weighted by atomic mass is 9.88. The van der Waals surface area contributed by atoms with Crippen LogP contribution < -0.4 is 4.90 Å². The fourth-order valence-corrected chi connectivity index (χ4v) is 2.82. The van der Waals surface area contributed by atoms with Gasteiger partial charge in [0.1, 0.15) is 5.82 Å². The number of hydrogen-bond acceptors (Lipinski definition) is 3. The second-order valence-corrected chi connectivity index (χ2v) is 5.29. The van der Waals surface area contributed by atoms with Gasteiger partial charge >= 0.3 is 0 Å². The van der Waals surface area contributed by atoms with Gasteiger partial charge in [-0.3, -0.25) is 4.98 Å². The molecule has 3 heteroatoms. The van der Waals surface area contributed by atoms with Gasteiger partial charge in [0, 0.05) is 19.3 Å². The maximum atomic E-state index is 4.57. The van der Waals surface area contributed by atoms with E-state index in [1.165, 1.54) is 17.5 Å². The maximum Gasteiger partial charge on any atom is 0.147 e. The van der Waals surface area contributed by atoms with E-state index in [0.717, 1.165) is 24.4 Å². The maximum absolute atomic E-state index is 4.57. The van der Waals surface area contributed by atoms with E-state index in [1.54, 1.807) is 6.20 Å². The van der Waals surface area contributed by atoms with Crippen LogP contribution in [0.15, 0.2) is 36.7 Å². The molecule has 3 rings (SSSR count). The zero-order chi connectivity index (χ0) is 13.2. The van der Waals surface area contributed by atoms with Gasteiger partial charge < -0.3 is 4.90 Å². The molecule has 0 saturated heterocycles. The number of aryl methyl sites for hydroxylation is 2. The SMILES string of the molecule is Cc1cncc(N(C)C2CCc3ccccc3C2)n1. The molecule has 0 spiro atoms. The fraction of sp³-hybridized carbons (Fsp3) is 0.375. The molecule has 0 fully saturated rings. The van der Waals surface area contributed by atoms with Gasteiger partial charge in [0.25, 0.3) is 0 Å². The van der Waals surface area contributed by atoms with Crippen LogP contribution in [0, 0.1) is 6.92 Å². The van der Waals surface area contributed by atoms with Crippen molar-refractivity contribution in [1.82, 2.24) is 9.97 Å². The van der Waals surface area contributed by atoms with Crippen molar-refractivity contribution in [3.05, 3.63) is 53.5 Å². The van der Waals surface area contributed by atoms with E-state index in [-0.39, 0.29) is 0 Å². The molecule has 1 aromatic heterocycles. The van der Waals surface area contributed by atoms with Gasteiger partial charge in [-0.15, -0.1) is 0 Å². The molecule has 0 N–H and O–H groups in total. The highest BCUT2D eigenvalue weighted by atomic mass is 15.2. The molecule has 1 aromatic carbocycles. The fourth-order valence-electron chi connectivity index (χ4n) is 2.82. The first kappa shape index (κ1) is 12.2. The molecular weight excluding hydrogens is 234 g/mol. The summed E-state index contributed by atoms with van der Waals surface area (Å²) in [6.07, 6.45) is 7.09. The molecule has 1 heterocycles. The van der Waals surface area contributed by atoms with Crippen molar-refractivity contribution in [2.45, 2.75) is 32.2 Å². The van der Waals surface area contributed by atoms with Gasteiger partial charge in [0.05, 0.1) is 11.9 Å². The second-order valence-electron chi connectivity index (χ2n) is 5.29. The van der Waals surface area contributed by atoms with Gasteiger partial charge in [0.2, 0.25) is 0 Å². The molecule has 0 saturated carbocycles. The standard InChI is InChI=1S/C16H19N3/c1-12-10-17-11-16(18-12)19(2)15-8-7-13-5-3-4-6-14(13)9-15/h3-6,10-11,15H,7-9H2,1-2H3. The molecule has 0 bridgehead atoms. The molecule has 1 unspecified atom stereocenters. The lowest BCUT2D eigenvalue weighted by Gasteiger charge is -2.33. The topological polar surface area (TPSA) is 29.0 Å². The minimum absolute atomic E-state index is 0.519. The van der Waals surface area contributed by atoms with Gasteiger partial charge in [-0.1, -0.05) is 24.3 Å². The number of anilines is 1. The van der Waals surface area contributed by atoms with Gasteiger partial charge in [-0.25, -0.2) is 4.98 Å². The van der Waals surface area contributed by atoms with E-state index in [4.69, 9.17) is 0 Å². The summed E-state index contributed by atoms with van der Waals surface area (Å²) in [5.41, 5.74) is 3.95. The van der Waals surface area contributed by atoms with E-state index in [9.17, 15) is 0 Å². The minimum atomic E-state index is 0.519. The highest BCUT2D eigenvalue weighted by molar-refractivity contribution is 5.40. The Morgan fingerprint density at radius 3 is 2.74 bits per heavy atom. The number of likely N-dealkylation sites (N-methyl/N-ethyl adjacent to an activating group) is 1. The van der Waals surface area contributed by atoms with E-state index < -0.39 is 0 Å². The molecule has 1 aliphatic rings. The van der Waals surface area contributed by atoms with Crippen molar-refractivity contribution in [2.24, 2.45) is 0 Å². The average molecular weight is 253 g/mol. The Labute approximate surface area is 114 Å². The summed E-state index contributed by atoms with van der Waals surface area (Å²) in [4.78, 5) is 11.1. The van der Waals surface area contributed by atoms with Crippen LogP contribution in [-0.4, -0.2) is 23.1 Å². The predicted octanol–water partition coefficient (Wildman–Crippen LogP) is 2.78. The monoisotopic (exact) mass is 253 g/mol. The number of hydrogen-bond donors (Lipinski definition) is 0. The zero-order valence-corrected chi connectivity index (χ0v) is 11.5. The van der Waals surface area contributed by atoms with Crippen molar-refractivity contribution in [2.75, 3.05) is 11.9 Å². The van der Waals surface area contributed by atoms with E-state index in [0.29, 0.717) is 6.04 Å². The third-order valence-electron chi connectivity index (χ3n) is 3.97. The molecule has 0 amide bonds. The highest BCUT2D eigenvalue weighted by Gasteiger charge is 2.22. The van der Waals surface area contributed by atoms with Crippen LogP contribution in [0.25, 0.3) is 0 Å². The van der Waals surface area contributed by atoms with Crippen LogP contribution >= 0.6 is 0 Å². The molecule has 2 aromatic rings. The predicted molar refractivity (Wildman–Crippen MR) is 77.4 cm³/mol. The Morgan fingerprint density at radius 1 is 1.16 bits per heavy atom. The van der Waals surface area contributed by atoms with Gasteiger partial charge in [-0.2, -0.15) is 0 Å². The average Bonchev–Trinajstić information content (AvgIpc) is 2.46. The Bertz CT molecular complexity index is 580. The Balaban J connectivity index is 1.81. The van der Waals surface area contributed by atoms with E-state index >= 15 is 0 Å². The van der Waals surface area contributed by atoms with Crippen molar-refractivity contribution < 1.29 is 0 Å². The van der Waals surface area contributed by atoms with Crippen LogP contribution in [0.5, 0.6) is 0 Å². The summed E-state index contributed by atoms with van der Waals surface area (Å²) < 4.78 is 0. The molecular formula is C16H19N3. The highest BCUT2D eigenvalue weighted by Crippen LogP contribution is 2.25. The lowest BCUT2D eigenvalue weighted by Crippen LogP contribution is -2.37. The Hall–Kier alpha value is -1.90. The summed E-state index contributed by atoms with van der Waals surface area (Å²) in [6, 6.07) is 9.28. The first-order valence-corrected chi connectivity index (χ1v) is 6.82. The minimum Gasteiger partial charge on any atom is -0.355 e. The smallest absolute Gasteiger partial charge is 0.147 e. The van der Waals surface area contributed by atoms with Crippen LogP contribution in [0.4, 0.5) is 5.82 Å². The first-order chi connectivity index (χ1) is 9.24. The molecule has 0 radical (unpaired) electrons. The van der Waals surface area contributed by atoms with Gasteiger partial charge in [-0.05, 0) is 37.3 Å². The van der Waals surface area contributed by atoms with Crippen LogP contribution in [-0.2, 0) is 12.8 Å². The third kappa shape index (κ3) is 2.46. The van der Waals surface area contributed by atoms with E-state index in [1.807, 2.05) is 13.1 Å². The first-order valence-electron chi connectivity index (χ1n) is 6.82. The summed E-state index contributed by atoms with van der Waals surface area (Å²) in [5, 5.41) is 0. The number of aromatic nitrogens is 2. The molecule has 98 valence electrons. The normalized spacial score (nSPS) is 17.9. The molecule has 1 aliphatic carbocycles. The Kier molecular flexibility index (Phi) is 3.20. The summed E-state index contributed by atoms with van der Waals surface area (Å²) in [7, 11) is 2.13. The summed E-state index contributed by atoms with van der Waals surface area (Å²) >= 11 is 0. The Morgan fingerprint density at radius 2 is 1.95 bits per heavy atom. The van der Waals surface area contributed by atoms with Crippen LogP contribution in [0.2, 0.25) is 0 Å². The zero-order valence-electron chi connectivity index (χ0n) is 11.5. The molecule has 3 nitrogen and oxygen atoms in total. The van der Waals surface area contributed by atoms with Crippen molar-refractivity contribution in [3.63, 3.8) is 0 Å². The third-order valence-corrected chi connectivity index (χ3v) is 3.97. The number of nitrogens with zero attached hydrogens (tertiary/aromatic N) is 3. The summed E-state index contributed by atoms with van der Waals surface area (Å²) in [5.74, 6) is 0.976. The number of benzene rings is 1. The lowest BCUT2D eigenvalue weighted by molar-refractivity contribution is 0.543. The van der Waals surface area contributed by atoms with Crippen LogP contribution in [0.1, 0.15) is 23.2 Å². The van der Waals surface area contributed by atoms with Crippen molar-refractivity contribution in [3.8, 4) is 0 Å². The number of rotatable bonds is 2.